The van der Waals surface area contributed by atoms with Gasteiger partial charge in [-0.15, -0.1) is 0 Å². The molecular formula is C17H11Br2FN2O2. The van der Waals surface area contributed by atoms with Gasteiger partial charge in [-0.1, -0.05) is 22.0 Å². The maximum absolute atomic E-state index is 13.8. The van der Waals surface area contributed by atoms with E-state index in [1.807, 2.05) is 6.07 Å². The molecule has 0 bridgehead atoms. The van der Waals surface area contributed by atoms with Crippen LogP contribution in [0.4, 0.5) is 10.1 Å². The van der Waals surface area contributed by atoms with Crippen molar-refractivity contribution >= 4 is 49.5 Å². The van der Waals surface area contributed by atoms with E-state index in [9.17, 15) is 14.4 Å². The quantitative estimate of drug-likeness (QED) is 0.528. The van der Waals surface area contributed by atoms with Gasteiger partial charge in [-0.25, -0.2) is 4.39 Å². The second kappa shape index (κ2) is 8.08. The molecule has 0 aliphatic rings. The van der Waals surface area contributed by atoms with E-state index in [4.69, 9.17) is 4.74 Å². The third kappa shape index (κ3) is 4.43. The van der Waals surface area contributed by atoms with E-state index in [2.05, 4.69) is 37.2 Å². The van der Waals surface area contributed by atoms with Gasteiger partial charge in [-0.05, 0) is 57.9 Å². The van der Waals surface area contributed by atoms with Gasteiger partial charge >= 0.3 is 0 Å². The minimum atomic E-state index is -0.689. The van der Waals surface area contributed by atoms with Crippen molar-refractivity contribution in [2.75, 3.05) is 12.4 Å². The number of carbonyl (C=O) groups is 1. The minimum Gasteiger partial charge on any atom is -0.496 e. The number of benzene rings is 2. The molecule has 0 unspecified atom stereocenters. The molecule has 0 aliphatic heterocycles. The standard InChI is InChI=1S/C17H11Br2FN2O2/c1-24-16-5-2-10(7-13(16)19)6-11(9-21)17(23)22-15-4-3-12(18)8-14(15)20/h2-8H,1H3,(H,22,23). The SMILES string of the molecule is COc1ccc(C=C(C#N)C(=O)Nc2ccc(Br)cc2F)cc1Br. The predicted molar refractivity (Wildman–Crippen MR) is 97.0 cm³/mol. The highest BCUT2D eigenvalue weighted by Crippen LogP contribution is 2.26. The number of amides is 1. The number of nitrogens with one attached hydrogen (secondary N) is 1. The van der Waals surface area contributed by atoms with Crippen molar-refractivity contribution in [1.82, 2.24) is 0 Å². The monoisotopic (exact) mass is 452 g/mol. The zero-order valence-corrected chi connectivity index (χ0v) is 15.6. The van der Waals surface area contributed by atoms with Crippen molar-refractivity contribution in [1.29, 1.82) is 5.26 Å². The van der Waals surface area contributed by atoms with Crippen LogP contribution in [0.3, 0.4) is 0 Å². The smallest absolute Gasteiger partial charge is 0.266 e. The van der Waals surface area contributed by atoms with Crippen LogP contribution in [-0.4, -0.2) is 13.0 Å². The van der Waals surface area contributed by atoms with Crippen LogP contribution in [0.5, 0.6) is 5.75 Å². The van der Waals surface area contributed by atoms with Crippen molar-refractivity contribution in [3.63, 3.8) is 0 Å². The number of ether oxygens (including phenoxy) is 1. The first-order chi connectivity index (χ1) is 11.4. The Bertz CT molecular complexity index is 860. The normalized spacial score (nSPS) is 10.9. The molecule has 122 valence electrons. The highest BCUT2D eigenvalue weighted by Gasteiger charge is 2.12. The maximum atomic E-state index is 13.8. The van der Waals surface area contributed by atoms with Gasteiger partial charge in [0.25, 0.3) is 5.91 Å². The fraction of sp³-hybridized carbons (Fsp3) is 0.0588. The summed E-state index contributed by atoms with van der Waals surface area (Å²) in [5.41, 5.74) is 0.486. The van der Waals surface area contributed by atoms with Crippen LogP contribution in [0.1, 0.15) is 5.56 Å². The maximum Gasteiger partial charge on any atom is 0.266 e. The molecule has 7 heteroatoms. The van der Waals surface area contributed by atoms with Crippen LogP contribution in [-0.2, 0) is 4.79 Å². The van der Waals surface area contributed by atoms with Gasteiger partial charge in [-0.2, -0.15) is 5.26 Å². The number of halogens is 3. The van der Waals surface area contributed by atoms with Gasteiger partial charge in [0.15, 0.2) is 0 Å². The summed E-state index contributed by atoms with van der Waals surface area (Å²) in [6, 6.07) is 11.2. The van der Waals surface area contributed by atoms with Gasteiger partial charge in [0, 0.05) is 4.47 Å². The Labute approximate surface area is 155 Å². The average molecular weight is 454 g/mol. The number of hydrogen-bond acceptors (Lipinski definition) is 3. The highest BCUT2D eigenvalue weighted by molar-refractivity contribution is 9.10. The largest absolute Gasteiger partial charge is 0.496 e. The van der Waals surface area contributed by atoms with Crippen molar-refractivity contribution < 1.29 is 13.9 Å². The first-order valence-electron chi connectivity index (χ1n) is 6.66. The van der Waals surface area contributed by atoms with Crippen molar-refractivity contribution in [2.45, 2.75) is 0 Å². The molecule has 0 spiro atoms. The Kier molecular flexibility index (Phi) is 6.12. The van der Waals surface area contributed by atoms with Crippen LogP contribution in [0.15, 0.2) is 50.9 Å². The number of nitriles is 1. The summed E-state index contributed by atoms with van der Waals surface area (Å²) in [5.74, 6) is -0.653. The van der Waals surface area contributed by atoms with E-state index in [1.165, 1.54) is 25.3 Å². The van der Waals surface area contributed by atoms with E-state index in [-0.39, 0.29) is 11.3 Å². The fourth-order valence-electron chi connectivity index (χ4n) is 1.87. The van der Waals surface area contributed by atoms with Gasteiger partial charge < -0.3 is 10.1 Å². The van der Waals surface area contributed by atoms with E-state index in [1.54, 1.807) is 24.3 Å². The summed E-state index contributed by atoms with van der Waals surface area (Å²) < 4.78 is 20.1. The molecule has 4 nitrogen and oxygen atoms in total. The number of carbonyl (C=O) groups excluding carboxylic acids is 1. The lowest BCUT2D eigenvalue weighted by Gasteiger charge is -2.07. The molecule has 0 radical (unpaired) electrons. The Balaban J connectivity index is 2.25. The van der Waals surface area contributed by atoms with Crippen LogP contribution in [0.25, 0.3) is 6.08 Å². The second-order valence-electron chi connectivity index (χ2n) is 4.64. The second-order valence-corrected chi connectivity index (χ2v) is 6.41. The van der Waals surface area contributed by atoms with E-state index in [0.29, 0.717) is 20.3 Å². The summed E-state index contributed by atoms with van der Waals surface area (Å²) >= 11 is 6.47. The molecule has 2 aromatic carbocycles. The highest BCUT2D eigenvalue weighted by atomic mass is 79.9. The van der Waals surface area contributed by atoms with Gasteiger partial charge in [0.1, 0.15) is 23.2 Å². The van der Waals surface area contributed by atoms with Gasteiger partial charge in [-0.3, -0.25) is 4.79 Å². The summed E-state index contributed by atoms with van der Waals surface area (Å²) in [5, 5.41) is 11.6. The molecule has 2 rings (SSSR count). The lowest BCUT2D eigenvalue weighted by molar-refractivity contribution is -0.112. The summed E-state index contributed by atoms with van der Waals surface area (Å²) in [6.07, 6.45) is 1.41. The number of rotatable bonds is 4. The molecular weight excluding hydrogens is 443 g/mol. The molecule has 1 N–H and O–H groups in total. The minimum absolute atomic E-state index is 0.000242. The lowest BCUT2D eigenvalue weighted by Crippen LogP contribution is -2.14. The van der Waals surface area contributed by atoms with Gasteiger partial charge in [0.2, 0.25) is 0 Å². The topological polar surface area (TPSA) is 62.1 Å². The zero-order valence-electron chi connectivity index (χ0n) is 12.4. The molecule has 2 aromatic rings. The third-order valence-corrected chi connectivity index (χ3v) is 4.14. The van der Waals surface area contributed by atoms with Crippen LogP contribution >= 0.6 is 31.9 Å². The molecule has 0 atom stereocenters. The fourth-order valence-corrected chi connectivity index (χ4v) is 2.76. The summed E-state index contributed by atoms with van der Waals surface area (Å²) in [7, 11) is 1.54. The van der Waals surface area contributed by atoms with E-state index < -0.39 is 11.7 Å². The van der Waals surface area contributed by atoms with Crippen LogP contribution in [0, 0.1) is 17.1 Å². The number of methoxy groups -OCH3 is 1. The molecule has 0 fully saturated rings. The van der Waals surface area contributed by atoms with Crippen LogP contribution < -0.4 is 10.1 Å². The first kappa shape index (κ1) is 18.2. The van der Waals surface area contributed by atoms with Crippen molar-refractivity contribution in [2.24, 2.45) is 0 Å². The third-order valence-electron chi connectivity index (χ3n) is 3.03. The molecule has 0 saturated carbocycles. The Morgan fingerprint density at radius 2 is 2.04 bits per heavy atom. The van der Waals surface area contributed by atoms with Gasteiger partial charge in [0.05, 0.1) is 17.3 Å². The molecule has 0 heterocycles. The number of nitrogens with zero attached hydrogens (tertiary/aromatic N) is 1. The molecule has 1 amide bonds. The predicted octanol–water partition coefficient (Wildman–Crippen LogP) is 4.90. The van der Waals surface area contributed by atoms with Crippen LogP contribution in [0.2, 0.25) is 0 Å². The van der Waals surface area contributed by atoms with E-state index >= 15 is 0 Å². The lowest BCUT2D eigenvalue weighted by atomic mass is 10.1. The first-order valence-corrected chi connectivity index (χ1v) is 8.25. The van der Waals surface area contributed by atoms with Crippen molar-refractivity contribution in [3.8, 4) is 11.8 Å². The average Bonchev–Trinajstić information content (AvgIpc) is 2.55. The summed E-state index contributed by atoms with van der Waals surface area (Å²) in [6.45, 7) is 0. The molecule has 24 heavy (non-hydrogen) atoms. The Morgan fingerprint density at radius 3 is 2.62 bits per heavy atom. The Morgan fingerprint density at radius 1 is 1.29 bits per heavy atom. The number of anilines is 1. The van der Waals surface area contributed by atoms with Crippen molar-refractivity contribution in [3.05, 3.63) is 62.3 Å². The molecule has 0 saturated heterocycles. The molecule has 0 aromatic heterocycles. The summed E-state index contributed by atoms with van der Waals surface area (Å²) in [4.78, 5) is 12.2. The molecule has 0 aliphatic carbocycles. The Hall–Kier alpha value is -2.17. The zero-order chi connectivity index (χ0) is 17.7. The number of hydrogen-bond donors (Lipinski definition) is 1. The van der Waals surface area contributed by atoms with E-state index in [0.717, 1.165) is 0 Å².